The predicted octanol–water partition coefficient (Wildman–Crippen LogP) is 8.60. The molecule has 10 rings (SSSR count). The highest BCUT2D eigenvalue weighted by molar-refractivity contribution is 5.87. The lowest BCUT2D eigenvalue weighted by atomic mass is 9.98. The third-order valence-electron chi connectivity index (χ3n) is 9.98. The zero-order chi connectivity index (χ0) is 41.1. The maximum Gasteiger partial charge on any atom is 0.182 e. The van der Waals surface area contributed by atoms with Gasteiger partial charge in [0.1, 0.15) is 64.8 Å². The summed E-state index contributed by atoms with van der Waals surface area (Å²) in [7, 11) is 0. The molecular weight excluding hydrogens is 777 g/mol. The van der Waals surface area contributed by atoms with Crippen LogP contribution >= 0.6 is 0 Å². The zero-order valence-corrected chi connectivity index (χ0v) is 31.4. The summed E-state index contributed by atoms with van der Waals surface area (Å²) in [6.07, 6.45) is 5.87. The molecule has 3 aromatic carbocycles. The van der Waals surface area contributed by atoms with Crippen LogP contribution in [0.5, 0.6) is 0 Å². The van der Waals surface area contributed by atoms with Crippen molar-refractivity contribution in [3.05, 3.63) is 139 Å². The van der Waals surface area contributed by atoms with Crippen molar-refractivity contribution in [1.82, 2.24) is 59.4 Å². The van der Waals surface area contributed by atoms with Crippen molar-refractivity contribution in [1.29, 1.82) is 0 Å². The molecular formula is C42H28F4N14. The van der Waals surface area contributed by atoms with Gasteiger partial charge in [-0.1, -0.05) is 18.2 Å². The summed E-state index contributed by atoms with van der Waals surface area (Å²) in [5.41, 5.74) is 5.03. The second kappa shape index (κ2) is 14.4. The minimum absolute atomic E-state index is 0.0621. The van der Waals surface area contributed by atoms with Gasteiger partial charge >= 0.3 is 0 Å². The smallest absolute Gasteiger partial charge is 0.182 e. The molecule has 10 aromatic rings. The van der Waals surface area contributed by atoms with Gasteiger partial charge in [-0.2, -0.15) is 0 Å². The average Bonchev–Trinajstić information content (AvgIpc) is 3.92. The Labute approximate surface area is 335 Å². The molecule has 18 heteroatoms. The Kier molecular flexibility index (Phi) is 8.73. The fourth-order valence-corrected chi connectivity index (χ4v) is 7.19. The summed E-state index contributed by atoms with van der Waals surface area (Å²) >= 11 is 0. The Morgan fingerprint density at radius 1 is 0.633 bits per heavy atom. The molecule has 0 aliphatic heterocycles. The van der Waals surface area contributed by atoms with Crippen LogP contribution in [0.1, 0.15) is 37.2 Å². The van der Waals surface area contributed by atoms with Crippen molar-refractivity contribution in [2.45, 2.75) is 25.9 Å². The number of hydrogen-bond donors (Lipinski definition) is 3. The topological polar surface area (TPSA) is 174 Å². The van der Waals surface area contributed by atoms with E-state index in [1.807, 2.05) is 13.8 Å². The normalized spacial score (nSPS) is 12.7. The Bertz CT molecular complexity index is 3280. The van der Waals surface area contributed by atoms with Crippen LogP contribution in [0.4, 0.5) is 29.2 Å². The van der Waals surface area contributed by atoms with Crippen molar-refractivity contribution in [3.63, 3.8) is 0 Å². The molecule has 7 aromatic heterocycles. The Morgan fingerprint density at radius 3 is 2.30 bits per heavy atom. The Hall–Kier alpha value is -8.02. The van der Waals surface area contributed by atoms with E-state index in [2.05, 4.69) is 50.5 Å². The van der Waals surface area contributed by atoms with E-state index in [1.54, 1.807) is 53.4 Å². The van der Waals surface area contributed by atoms with Gasteiger partial charge in [0.15, 0.2) is 28.4 Å². The van der Waals surface area contributed by atoms with Gasteiger partial charge in [0.25, 0.3) is 0 Å². The first kappa shape index (κ1) is 36.3. The summed E-state index contributed by atoms with van der Waals surface area (Å²) < 4.78 is 60.0. The third kappa shape index (κ3) is 6.48. The monoisotopic (exact) mass is 804 g/mol. The molecule has 0 spiro atoms. The van der Waals surface area contributed by atoms with Crippen LogP contribution in [0, 0.1) is 23.3 Å². The number of rotatable bonds is 9. The second-order valence-electron chi connectivity index (χ2n) is 13.9. The number of hydrogen-bond acceptors (Lipinski definition) is 12. The molecule has 2 atom stereocenters. The van der Waals surface area contributed by atoms with E-state index >= 15 is 0 Å². The quantitative estimate of drug-likeness (QED) is 0.119. The summed E-state index contributed by atoms with van der Waals surface area (Å²) in [6.45, 7) is 3.72. The van der Waals surface area contributed by atoms with E-state index in [0.717, 1.165) is 18.2 Å². The Morgan fingerprint density at radius 2 is 1.43 bits per heavy atom. The van der Waals surface area contributed by atoms with Crippen LogP contribution < -0.4 is 10.6 Å². The molecule has 7 heterocycles. The lowest BCUT2D eigenvalue weighted by Crippen LogP contribution is -2.13. The first-order valence-corrected chi connectivity index (χ1v) is 18.5. The Balaban J connectivity index is 1.02. The summed E-state index contributed by atoms with van der Waals surface area (Å²) in [6, 6.07) is 17.9. The highest BCUT2D eigenvalue weighted by Crippen LogP contribution is 2.35. The van der Waals surface area contributed by atoms with Crippen molar-refractivity contribution in [2.75, 3.05) is 10.6 Å². The van der Waals surface area contributed by atoms with Crippen LogP contribution in [0.2, 0.25) is 0 Å². The van der Waals surface area contributed by atoms with Crippen LogP contribution in [0.15, 0.2) is 104 Å². The van der Waals surface area contributed by atoms with Crippen LogP contribution in [0.25, 0.3) is 72.7 Å². The molecule has 0 fully saturated rings. The van der Waals surface area contributed by atoms with Crippen molar-refractivity contribution >= 4 is 55.9 Å². The molecule has 0 saturated heterocycles. The number of para-hydroxylation sites is 1. The highest BCUT2D eigenvalue weighted by Gasteiger charge is 2.23. The fraction of sp³-hybridized carbons (Fsp3) is 0.0952. The maximum atomic E-state index is 14.9. The molecule has 0 aliphatic carbocycles. The first-order valence-electron chi connectivity index (χ1n) is 18.5. The second-order valence-corrected chi connectivity index (χ2v) is 13.9. The van der Waals surface area contributed by atoms with Gasteiger partial charge in [0, 0.05) is 28.6 Å². The minimum atomic E-state index is -0.796. The van der Waals surface area contributed by atoms with Crippen molar-refractivity contribution in [2.24, 2.45) is 0 Å². The molecule has 294 valence electrons. The predicted molar refractivity (Wildman–Crippen MR) is 216 cm³/mol. The largest absolute Gasteiger partial charge is 0.362 e. The molecule has 0 radical (unpaired) electrons. The van der Waals surface area contributed by atoms with Gasteiger partial charge in [-0.3, -0.25) is 4.57 Å². The maximum absolute atomic E-state index is 14.9. The lowest BCUT2D eigenvalue weighted by molar-refractivity contribution is 0.584. The van der Waals surface area contributed by atoms with Gasteiger partial charge in [-0.15, -0.1) is 0 Å². The van der Waals surface area contributed by atoms with E-state index in [1.165, 1.54) is 37.2 Å². The van der Waals surface area contributed by atoms with Gasteiger partial charge in [0.05, 0.1) is 46.5 Å². The number of anilines is 2. The van der Waals surface area contributed by atoms with E-state index < -0.39 is 35.4 Å². The van der Waals surface area contributed by atoms with Gasteiger partial charge in [0.2, 0.25) is 0 Å². The number of nitrogens with one attached hydrogen (secondary N) is 3. The van der Waals surface area contributed by atoms with Gasteiger partial charge in [-0.05, 0) is 62.4 Å². The number of imidazole rings is 2. The number of nitrogens with zero attached hydrogens (tertiary/aromatic N) is 11. The molecule has 3 N–H and O–H groups in total. The van der Waals surface area contributed by atoms with E-state index in [4.69, 9.17) is 15.0 Å². The van der Waals surface area contributed by atoms with Crippen LogP contribution in [-0.2, 0) is 0 Å². The first-order chi connectivity index (χ1) is 29.2. The standard InChI is InChI=1S/C42H28F4N14/c1-20(27-13-22-5-3-6-28(46)35(22)59-34(27)23-11-25(44)14-26(45)12-23)54-41-38-42(52-18-51-41)60(19-53-38)32-8-4-7-30(56-32)36-33(57-29-10-9-24(43)15-31(29)58-36)21(2)55-40-37-39(48-16-47-37)49-17-50-40/h3-21H,1-2H3,(H,51,52,54)(H2,47,48,49,50,55)/t20-,21-/m0/s1. The molecule has 0 aliphatic rings. The third-order valence-corrected chi connectivity index (χ3v) is 9.98. The lowest BCUT2D eigenvalue weighted by Gasteiger charge is -2.19. The summed E-state index contributed by atoms with van der Waals surface area (Å²) in [5.74, 6) is -1.33. The number of fused-ring (bicyclic) bond motifs is 4. The SMILES string of the molecule is C[C@H](Nc1ncnc2c1ncn2-c1cccc(-c2nc3cc(F)ccc3nc2[C@H](C)Nc2ncnc3nc[nH]c23)n1)c1cc2cccc(F)c2nc1-c1cc(F)cc(F)c1. The minimum Gasteiger partial charge on any atom is -0.362 e. The number of aromatic amines is 1. The highest BCUT2D eigenvalue weighted by atomic mass is 19.1. The number of pyridine rings is 2. The molecule has 0 saturated carbocycles. The van der Waals surface area contributed by atoms with Crippen LogP contribution in [-0.4, -0.2) is 59.4 Å². The van der Waals surface area contributed by atoms with E-state index in [9.17, 15) is 17.6 Å². The van der Waals surface area contributed by atoms with Gasteiger partial charge < -0.3 is 15.6 Å². The average molecular weight is 805 g/mol. The molecule has 0 amide bonds. The van der Waals surface area contributed by atoms with Gasteiger partial charge in [-0.25, -0.2) is 67.4 Å². The summed E-state index contributed by atoms with van der Waals surface area (Å²) in [5, 5.41) is 7.24. The fourth-order valence-electron chi connectivity index (χ4n) is 7.19. The number of halogens is 4. The molecule has 14 nitrogen and oxygen atoms in total. The van der Waals surface area contributed by atoms with Crippen LogP contribution in [0.3, 0.4) is 0 Å². The van der Waals surface area contributed by atoms with E-state index in [0.29, 0.717) is 78.8 Å². The van der Waals surface area contributed by atoms with Crippen molar-refractivity contribution in [3.8, 4) is 28.5 Å². The summed E-state index contributed by atoms with van der Waals surface area (Å²) in [4.78, 5) is 48.8. The van der Waals surface area contributed by atoms with E-state index in [-0.39, 0.29) is 16.8 Å². The zero-order valence-electron chi connectivity index (χ0n) is 31.4. The molecule has 0 bridgehead atoms. The number of aromatic nitrogens is 12. The number of H-pyrrole nitrogens is 1. The number of benzene rings is 3. The van der Waals surface area contributed by atoms with Crippen molar-refractivity contribution < 1.29 is 17.6 Å². The molecule has 0 unspecified atom stereocenters. The molecule has 60 heavy (non-hydrogen) atoms.